The lowest BCUT2D eigenvalue weighted by molar-refractivity contribution is -0.125. The monoisotopic (exact) mass is 564 g/mol. The Bertz CT molecular complexity index is 1570. The van der Waals surface area contributed by atoms with Crippen molar-refractivity contribution < 1.29 is 13.9 Å². The van der Waals surface area contributed by atoms with Gasteiger partial charge in [-0.15, -0.1) is 5.10 Å². The summed E-state index contributed by atoms with van der Waals surface area (Å²) in [7, 11) is 0. The minimum Gasteiger partial charge on any atom is -0.492 e. The number of nitrogens with one attached hydrogen (secondary N) is 1. The first-order chi connectivity index (χ1) is 20.7. The second-order valence-electron chi connectivity index (χ2n) is 11.0. The van der Waals surface area contributed by atoms with E-state index in [1.165, 1.54) is 12.0 Å². The molecule has 1 N–H and O–H groups in total. The van der Waals surface area contributed by atoms with Crippen LogP contribution in [-0.2, 0) is 4.79 Å². The van der Waals surface area contributed by atoms with Gasteiger partial charge in [0.25, 0.3) is 0 Å². The van der Waals surface area contributed by atoms with E-state index in [2.05, 4.69) is 34.7 Å². The van der Waals surface area contributed by atoms with Gasteiger partial charge in [0, 0.05) is 37.8 Å². The maximum Gasteiger partial charge on any atom is 0.246 e. The first-order valence-electron chi connectivity index (χ1n) is 15.0. The molecule has 6 rings (SSSR count). The minimum atomic E-state index is -0.466. The Morgan fingerprint density at radius 1 is 0.929 bits per heavy atom. The molecule has 216 valence electrons. The number of hydrogen-bond acceptors (Lipinski definition) is 4. The Kier molecular flexibility index (Phi) is 8.75. The zero-order valence-electron chi connectivity index (χ0n) is 23.8. The third-order valence-electron chi connectivity index (χ3n) is 8.22. The molecule has 1 amide bonds. The van der Waals surface area contributed by atoms with Gasteiger partial charge in [-0.05, 0) is 79.1 Å². The standard InChI is InChI=1S/C35H37FN4O2/c36-35-30-14-4-5-15-31(30)40(38-35)34(33(27-12-8-13-27)26-10-2-1-3-11-26)28-17-19-29(20-18-28)42-25-22-37-21-9-16-32(41)39-23-6-7-24-39/h1-5,9-11,14-20,27,37H,6-8,12-13,21-25H2/b16-9+,34-33-. The van der Waals surface area contributed by atoms with E-state index in [1.54, 1.807) is 16.8 Å². The van der Waals surface area contributed by atoms with Crippen molar-refractivity contribution in [3.63, 3.8) is 0 Å². The predicted octanol–water partition coefficient (Wildman–Crippen LogP) is 6.54. The second kappa shape index (κ2) is 13.2. The highest BCUT2D eigenvalue weighted by atomic mass is 19.1. The molecule has 1 saturated carbocycles. The number of rotatable bonds is 11. The van der Waals surface area contributed by atoms with Gasteiger partial charge in [-0.1, -0.05) is 55.0 Å². The number of hydrogen-bond donors (Lipinski definition) is 1. The fourth-order valence-electron chi connectivity index (χ4n) is 5.81. The van der Waals surface area contributed by atoms with E-state index in [0.29, 0.717) is 31.0 Å². The van der Waals surface area contributed by atoms with E-state index >= 15 is 4.39 Å². The van der Waals surface area contributed by atoms with Gasteiger partial charge in [-0.2, -0.15) is 4.39 Å². The highest BCUT2D eigenvalue weighted by molar-refractivity contribution is 5.96. The Morgan fingerprint density at radius 3 is 2.40 bits per heavy atom. The van der Waals surface area contributed by atoms with Crippen LogP contribution in [0.1, 0.15) is 43.2 Å². The summed E-state index contributed by atoms with van der Waals surface area (Å²) in [5.74, 6) is 0.778. The number of halogens is 1. The maximum absolute atomic E-state index is 15.1. The number of benzene rings is 3. The van der Waals surface area contributed by atoms with Crippen molar-refractivity contribution in [3.05, 3.63) is 108 Å². The van der Waals surface area contributed by atoms with Crippen LogP contribution in [0.5, 0.6) is 5.75 Å². The van der Waals surface area contributed by atoms with Crippen LogP contribution in [0, 0.1) is 11.9 Å². The molecule has 2 aliphatic rings. The first-order valence-corrected chi connectivity index (χ1v) is 15.0. The molecule has 1 aliphatic carbocycles. The van der Waals surface area contributed by atoms with Gasteiger partial charge in [0.1, 0.15) is 12.4 Å². The summed E-state index contributed by atoms with van der Waals surface area (Å²) < 4.78 is 22.8. The van der Waals surface area contributed by atoms with E-state index in [9.17, 15) is 4.79 Å². The van der Waals surface area contributed by atoms with Gasteiger partial charge in [-0.3, -0.25) is 4.79 Å². The van der Waals surface area contributed by atoms with E-state index in [0.717, 1.165) is 66.9 Å². The molecular formula is C35H37FN4O2. The number of carbonyl (C=O) groups is 1. The van der Waals surface area contributed by atoms with Crippen LogP contribution >= 0.6 is 0 Å². The van der Waals surface area contributed by atoms with Crippen molar-refractivity contribution in [2.75, 3.05) is 32.8 Å². The highest BCUT2D eigenvalue weighted by Crippen LogP contribution is 2.44. The van der Waals surface area contributed by atoms with Crippen LogP contribution in [0.3, 0.4) is 0 Å². The zero-order chi connectivity index (χ0) is 28.7. The van der Waals surface area contributed by atoms with Crippen molar-refractivity contribution in [1.82, 2.24) is 20.0 Å². The first kappa shape index (κ1) is 27.9. The number of carbonyl (C=O) groups excluding carboxylic acids is 1. The Balaban J connectivity index is 1.20. The average Bonchev–Trinajstić information content (AvgIpc) is 3.66. The van der Waals surface area contributed by atoms with E-state index in [4.69, 9.17) is 4.74 Å². The molecule has 0 radical (unpaired) electrons. The van der Waals surface area contributed by atoms with Crippen molar-refractivity contribution in [2.45, 2.75) is 32.1 Å². The van der Waals surface area contributed by atoms with Crippen LogP contribution in [0.25, 0.3) is 22.2 Å². The molecule has 2 fully saturated rings. The maximum atomic E-state index is 15.1. The minimum absolute atomic E-state index is 0.0950. The molecule has 1 aromatic heterocycles. The number of ether oxygens (including phenoxy) is 1. The van der Waals surface area contributed by atoms with E-state index in [1.807, 2.05) is 59.5 Å². The number of aromatic nitrogens is 2. The zero-order valence-corrected chi connectivity index (χ0v) is 23.8. The Hall–Kier alpha value is -4.23. The van der Waals surface area contributed by atoms with Gasteiger partial charge in [0.2, 0.25) is 11.9 Å². The van der Waals surface area contributed by atoms with Gasteiger partial charge >= 0.3 is 0 Å². The summed E-state index contributed by atoms with van der Waals surface area (Å²) in [6.07, 6.45) is 9.12. The molecular weight excluding hydrogens is 527 g/mol. The molecule has 2 heterocycles. The summed E-state index contributed by atoms with van der Waals surface area (Å²) in [5.41, 5.74) is 4.96. The molecule has 0 bridgehead atoms. The summed E-state index contributed by atoms with van der Waals surface area (Å²) in [5, 5.41) is 8.22. The van der Waals surface area contributed by atoms with Gasteiger partial charge in [0.15, 0.2) is 0 Å². The normalized spacial score (nSPS) is 16.2. The molecule has 3 aromatic carbocycles. The topological polar surface area (TPSA) is 59.4 Å². The van der Waals surface area contributed by atoms with Crippen molar-refractivity contribution in [2.24, 2.45) is 5.92 Å². The van der Waals surface area contributed by atoms with Gasteiger partial charge in [-0.25, -0.2) is 4.68 Å². The molecule has 4 aromatic rings. The van der Waals surface area contributed by atoms with Crippen LogP contribution in [-0.4, -0.2) is 53.4 Å². The predicted molar refractivity (Wildman–Crippen MR) is 165 cm³/mol. The number of likely N-dealkylation sites (tertiary alicyclic amines) is 1. The van der Waals surface area contributed by atoms with E-state index in [-0.39, 0.29) is 5.91 Å². The summed E-state index contributed by atoms with van der Waals surface area (Å²) in [4.78, 5) is 14.0. The largest absolute Gasteiger partial charge is 0.492 e. The highest BCUT2D eigenvalue weighted by Gasteiger charge is 2.29. The van der Waals surface area contributed by atoms with Crippen molar-refractivity contribution in [3.8, 4) is 5.75 Å². The van der Waals surface area contributed by atoms with Crippen LogP contribution in [0.15, 0.2) is 91.0 Å². The third kappa shape index (κ3) is 6.16. The SMILES string of the molecule is O=C(/C=C/CNCCOc1ccc(/C(=C(\c2ccccc2)C2CCC2)n2nc(F)c3ccccc32)cc1)N1CCCC1. The van der Waals surface area contributed by atoms with Crippen molar-refractivity contribution >= 4 is 28.1 Å². The van der Waals surface area contributed by atoms with Crippen molar-refractivity contribution in [1.29, 1.82) is 0 Å². The third-order valence-corrected chi connectivity index (χ3v) is 8.22. The smallest absolute Gasteiger partial charge is 0.246 e. The number of fused-ring (bicyclic) bond motifs is 1. The lowest BCUT2D eigenvalue weighted by Crippen LogP contribution is -2.26. The fraction of sp³-hybridized carbons (Fsp3) is 0.314. The summed E-state index contributed by atoms with van der Waals surface area (Å²) >= 11 is 0. The number of nitrogens with zero attached hydrogens (tertiary/aromatic N) is 3. The molecule has 0 atom stereocenters. The van der Waals surface area contributed by atoms with Crippen LogP contribution in [0.2, 0.25) is 0 Å². The van der Waals surface area contributed by atoms with Gasteiger partial charge < -0.3 is 15.0 Å². The summed E-state index contributed by atoms with van der Waals surface area (Å²) in [6, 6.07) is 25.9. The number of amides is 1. The van der Waals surface area contributed by atoms with Crippen LogP contribution in [0.4, 0.5) is 4.39 Å². The second-order valence-corrected chi connectivity index (χ2v) is 11.0. The Labute approximate surface area is 246 Å². The lowest BCUT2D eigenvalue weighted by Gasteiger charge is -2.31. The molecule has 1 aliphatic heterocycles. The Morgan fingerprint density at radius 2 is 1.67 bits per heavy atom. The molecule has 0 spiro atoms. The molecule has 6 nitrogen and oxygen atoms in total. The fourth-order valence-corrected chi connectivity index (χ4v) is 5.81. The number of allylic oxidation sites excluding steroid dienone is 1. The molecule has 1 saturated heterocycles. The average molecular weight is 565 g/mol. The van der Waals surface area contributed by atoms with Crippen LogP contribution < -0.4 is 10.1 Å². The molecule has 42 heavy (non-hydrogen) atoms. The molecule has 7 heteroatoms. The van der Waals surface area contributed by atoms with Gasteiger partial charge in [0.05, 0.1) is 16.6 Å². The van der Waals surface area contributed by atoms with E-state index < -0.39 is 5.95 Å². The lowest BCUT2D eigenvalue weighted by atomic mass is 9.75. The number of para-hydroxylation sites is 1. The quantitative estimate of drug-likeness (QED) is 0.128. The summed E-state index contributed by atoms with van der Waals surface area (Å²) in [6.45, 7) is 3.51. The molecule has 0 unspecified atom stereocenters.